The zero-order valence-corrected chi connectivity index (χ0v) is 9.80. The van der Waals surface area contributed by atoms with Gasteiger partial charge in [-0.15, -0.1) is 0 Å². The highest BCUT2D eigenvalue weighted by molar-refractivity contribution is 5.68. The number of rotatable bonds is 3. The molecule has 2 aromatic rings. The molecule has 17 heavy (non-hydrogen) atoms. The van der Waals surface area contributed by atoms with Gasteiger partial charge in [0.05, 0.1) is 6.10 Å². The molecule has 0 radical (unpaired) electrons. The minimum absolute atomic E-state index is 0.259. The molecule has 0 aliphatic heterocycles. The number of aliphatic hydroxyl groups is 1. The van der Waals surface area contributed by atoms with E-state index >= 15 is 0 Å². The maximum absolute atomic E-state index is 9.50. The van der Waals surface area contributed by atoms with Crippen LogP contribution in [0.15, 0.2) is 48.5 Å². The second-order valence-corrected chi connectivity index (χ2v) is 4.26. The van der Waals surface area contributed by atoms with Crippen LogP contribution in [0.2, 0.25) is 0 Å². The zero-order valence-electron chi connectivity index (χ0n) is 9.80. The third kappa shape index (κ3) is 2.86. The molecule has 2 nitrogen and oxygen atoms in total. The van der Waals surface area contributed by atoms with Crippen LogP contribution in [0.3, 0.4) is 0 Å². The quantitative estimate of drug-likeness (QED) is 0.847. The van der Waals surface area contributed by atoms with Crippen molar-refractivity contribution in [1.29, 1.82) is 0 Å². The van der Waals surface area contributed by atoms with Gasteiger partial charge in [0.15, 0.2) is 0 Å². The van der Waals surface area contributed by atoms with Crippen molar-refractivity contribution >= 4 is 0 Å². The van der Waals surface area contributed by atoms with E-state index in [0.29, 0.717) is 6.42 Å². The third-order valence-electron chi connectivity index (χ3n) is 2.69. The molecule has 2 rings (SSSR count). The van der Waals surface area contributed by atoms with Crippen LogP contribution in [0, 0.1) is 0 Å². The third-order valence-corrected chi connectivity index (χ3v) is 2.69. The van der Waals surface area contributed by atoms with Crippen LogP contribution < -0.4 is 0 Å². The molecule has 0 aliphatic rings. The van der Waals surface area contributed by atoms with E-state index in [-0.39, 0.29) is 11.9 Å². The Balaban J connectivity index is 2.44. The Bertz CT molecular complexity index is 504. The van der Waals surface area contributed by atoms with Crippen LogP contribution in [0.25, 0.3) is 11.1 Å². The summed E-state index contributed by atoms with van der Waals surface area (Å²) in [5.41, 5.74) is 3.12. The summed E-state index contributed by atoms with van der Waals surface area (Å²) in [6.45, 7) is 1.78. The van der Waals surface area contributed by atoms with E-state index in [1.807, 2.05) is 36.4 Å². The fraction of sp³-hybridized carbons (Fsp3) is 0.200. The van der Waals surface area contributed by atoms with Crippen LogP contribution in [0.1, 0.15) is 12.5 Å². The summed E-state index contributed by atoms with van der Waals surface area (Å²) in [4.78, 5) is 0. The summed E-state index contributed by atoms with van der Waals surface area (Å²) in [6.07, 6.45) is 0.250. The number of aliphatic hydroxyl groups excluding tert-OH is 1. The SMILES string of the molecule is CC(O)Cc1ccccc1-c1cccc(O)c1. The minimum Gasteiger partial charge on any atom is -0.508 e. The van der Waals surface area contributed by atoms with Crippen molar-refractivity contribution in [2.45, 2.75) is 19.4 Å². The van der Waals surface area contributed by atoms with Crippen molar-refractivity contribution in [1.82, 2.24) is 0 Å². The molecule has 2 N–H and O–H groups in total. The highest BCUT2D eigenvalue weighted by atomic mass is 16.3. The molecular weight excluding hydrogens is 212 g/mol. The summed E-state index contributed by atoms with van der Waals surface area (Å²) in [5.74, 6) is 0.259. The molecule has 2 aromatic carbocycles. The molecule has 0 aliphatic carbocycles. The fourth-order valence-electron chi connectivity index (χ4n) is 1.97. The van der Waals surface area contributed by atoms with Gasteiger partial charge in [0.1, 0.15) is 5.75 Å². The molecule has 0 saturated carbocycles. The monoisotopic (exact) mass is 228 g/mol. The Hall–Kier alpha value is -1.80. The van der Waals surface area contributed by atoms with Crippen molar-refractivity contribution < 1.29 is 10.2 Å². The van der Waals surface area contributed by atoms with E-state index < -0.39 is 0 Å². The van der Waals surface area contributed by atoms with Crippen molar-refractivity contribution in [2.75, 3.05) is 0 Å². The number of aromatic hydroxyl groups is 1. The summed E-state index contributed by atoms with van der Waals surface area (Å²) < 4.78 is 0. The van der Waals surface area contributed by atoms with Gasteiger partial charge in [0.25, 0.3) is 0 Å². The average Bonchev–Trinajstić information content (AvgIpc) is 2.29. The van der Waals surface area contributed by atoms with E-state index in [4.69, 9.17) is 0 Å². The van der Waals surface area contributed by atoms with E-state index in [0.717, 1.165) is 16.7 Å². The second-order valence-electron chi connectivity index (χ2n) is 4.26. The van der Waals surface area contributed by atoms with Crippen molar-refractivity contribution in [2.24, 2.45) is 0 Å². The van der Waals surface area contributed by atoms with E-state index in [2.05, 4.69) is 0 Å². The van der Waals surface area contributed by atoms with Crippen molar-refractivity contribution in [3.8, 4) is 16.9 Å². The lowest BCUT2D eigenvalue weighted by molar-refractivity contribution is 0.195. The van der Waals surface area contributed by atoms with Gasteiger partial charge < -0.3 is 10.2 Å². The molecule has 0 saturated heterocycles. The Morgan fingerprint density at radius 3 is 2.53 bits per heavy atom. The minimum atomic E-state index is -0.367. The normalized spacial score (nSPS) is 12.4. The predicted molar refractivity (Wildman–Crippen MR) is 68.9 cm³/mol. The van der Waals surface area contributed by atoms with Gasteiger partial charge in [-0.05, 0) is 42.2 Å². The first-order chi connectivity index (χ1) is 8.16. The first-order valence-electron chi connectivity index (χ1n) is 5.72. The van der Waals surface area contributed by atoms with Gasteiger partial charge in [-0.2, -0.15) is 0 Å². The van der Waals surface area contributed by atoms with Crippen LogP contribution in [0.5, 0.6) is 5.75 Å². The van der Waals surface area contributed by atoms with E-state index in [1.165, 1.54) is 0 Å². The van der Waals surface area contributed by atoms with Crippen LogP contribution in [-0.2, 0) is 6.42 Å². The van der Waals surface area contributed by atoms with Crippen LogP contribution >= 0.6 is 0 Å². The summed E-state index contributed by atoms with van der Waals surface area (Å²) in [5, 5.41) is 19.0. The maximum atomic E-state index is 9.50. The van der Waals surface area contributed by atoms with Gasteiger partial charge >= 0.3 is 0 Å². The zero-order chi connectivity index (χ0) is 12.3. The lowest BCUT2D eigenvalue weighted by Crippen LogP contribution is -2.05. The number of benzene rings is 2. The number of hydrogen-bond donors (Lipinski definition) is 2. The molecule has 1 atom stereocenters. The second kappa shape index (κ2) is 5.02. The van der Waals surface area contributed by atoms with Gasteiger partial charge in [0.2, 0.25) is 0 Å². The Morgan fingerprint density at radius 2 is 1.82 bits per heavy atom. The smallest absolute Gasteiger partial charge is 0.116 e. The first kappa shape index (κ1) is 11.7. The summed E-state index contributed by atoms with van der Waals surface area (Å²) in [6, 6.07) is 15.1. The molecule has 0 spiro atoms. The summed E-state index contributed by atoms with van der Waals surface area (Å²) in [7, 11) is 0. The topological polar surface area (TPSA) is 40.5 Å². The lowest BCUT2D eigenvalue weighted by atomic mass is 9.96. The fourth-order valence-corrected chi connectivity index (χ4v) is 1.97. The van der Waals surface area contributed by atoms with E-state index in [1.54, 1.807) is 19.1 Å². The van der Waals surface area contributed by atoms with Gasteiger partial charge in [-0.25, -0.2) is 0 Å². The molecule has 0 aromatic heterocycles. The van der Waals surface area contributed by atoms with Crippen molar-refractivity contribution in [3.63, 3.8) is 0 Å². The molecule has 2 heteroatoms. The number of phenols is 1. The Morgan fingerprint density at radius 1 is 1.06 bits per heavy atom. The molecule has 1 unspecified atom stereocenters. The average molecular weight is 228 g/mol. The Labute approximate surface area is 101 Å². The van der Waals surface area contributed by atoms with Crippen LogP contribution in [0.4, 0.5) is 0 Å². The lowest BCUT2D eigenvalue weighted by Gasteiger charge is -2.11. The molecule has 0 heterocycles. The maximum Gasteiger partial charge on any atom is 0.116 e. The van der Waals surface area contributed by atoms with E-state index in [9.17, 15) is 10.2 Å². The van der Waals surface area contributed by atoms with Crippen LogP contribution in [-0.4, -0.2) is 16.3 Å². The van der Waals surface area contributed by atoms with Gasteiger partial charge in [0, 0.05) is 0 Å². The van der Waals surface area contributed by atoms with Gasteiger partial charge in [-0.1, -0.05) is 36.4 Å². The largest absolute Gasteiger partial charge is 0.508 e. The molecular formula is C15H16O2. The predicted octanol–water partition coefficient (Wildman–Crippen LogP) is 2.98. The highest BCUT2D eigenvalue weighted by Gasteiger charge is 2.07. The Kier molecular flexibility index (Phi) is 3.45. The molecule has 88 valence electrons. The van der Waals surface area contributed by atoms with Gasteiger partial charge in [-0.3, -0.25) is 0 Å². The highest BCUT2D eigenvalue weighted by Crippen LogP contribution is 2.27. The van der Waals surface area contributed by atoms with Crippen molar-refractivity contribution in [3.05, 3.63) is 54.1 Å². The standard InChI is InChI=1S/C15H16O2/c1-11(16)9-12-5-2-3-8-15(12)13-6-4-7-14(17)10-13/h2-8,10-11,16-17H,9H2,1H3. The summed E-state index contributed by atoms with van der Waals surface area (Å²) >= 11 is 0. The molecule has 0 bridgehead atoms. The first-order valence-corrected chi connectivity index (χ1v) is 5.72. The number of phenolic OH excluding ortho intramolecular Hbond substituents is 1. The molecule has 0 fully saturated rings. The number of hydrogen-bond acceptors (Lipinski definition) is 2. The molecule has 0 amide bonds.